The SMILES string of the molecule is O=C(OCCOc1ccc(F)cn1)c1cnn2ccc(N3CCCC3)nc12. The van der Waals surface area contributed by atoms with E-state index in [1.54, 1.807) is 10.7 Å². The first-order valence-corrected chi connectivity index (χ1v) is 8.71. The quantitative estimate of drug-likeness (QED) is 0.485. The van der Waals surface area contributed by atoms with Crippen molar-refractivity contribution in [1.82, 2.24) is 19.6 Å². The lowest BCUT2D eigenvalue weighted by atomic mass is 10.3. The second-order valence-electron chi connectivity index (χ2n) is 6.11. The monoisotopic (exact) mass is 371 g/mol. The summed E-state index contributed by atoms with van der Waals surface area (Å²) in [7, 11) is 0. The van der Waals surface area contributed by atoms with Crippen LogP contribution in [0.1, 0.15) is 23.2 Å². The summed E-state index contributed by atoms with van der Waals surface area (Å²) in [6, 6.07) is 4.55. The number of carbonyl (C=O) groups excluding carboxylic acids is 1. The number of hydrogen-bond donors (Lipinski definition) is 0. The van der Waals surface area contributed by atoms with Crippen LogP contribution in [0.5, 0.6) is 5.88 Å². The van der Waals surface area contributed by atoms with E-state index in [0.717, 1.165) is 37.9 Å². The highest BCUT2D eigenvalue weighted by molar-refractivity contribution is 5.95. The third kappa shape index (κ3) is 3.81. The molecule has 140 valence electrons. The Morgan fingerprint density at radius 2 is 2.00 bits per heavy atom. The molecule has 0 spiro atoms. The molecule has 1 aliphatic rings. The third-order valence-corrected chi connectivity index (χ3v) is 4.27. The normalized spacial score (nSPS) is 13.9. The summed E-state index contributed by atoms with van der Waals surface area (Å²) in [5, 5.41) is 4.15. The molecule has 3 aromatic rings. The van der Waals surface area contributed by atoms with Gasteiger partial charge < -0.3 is 14.4 Å². The Balaban J connectivity index is 1.38. The predicted octanol–water partition coefficient (Wildman–Crippen LogP) is 2.10. The molecule has 8 nitrogen and oxygen atoms in total. The molecule has 0 bridgehead atoms. The number of nitrogens with zero attached hydrogens (tertiary/aromatic N) is 5. The van der Waals surface area contributed by atoms with Crippen LogP contribution in [0.4, 0.5) is 10.2 Å². The van der Waals surface area contributed by atoms with Crippen molar-refractivity contribution in [1.29, 1.82) is 0 Å². The zero-order valence-corrected chi connectivity index (χ0v) is 14.5. The minimum Gasteiger partial charge on any atom is -0.474 e. The Hall–Kier alpha value is -3.23. The lowest BCUT2D eigenvalue weighted by Gasteiger charge is -2.16. The fourth-order valence-electron chi connectivity index (χ4n) is 2.93. The van der Waals surface area contributed by atoms with E-state index >= 15 is 0 Å². The van der Waals surface area contributed by atoms with Crippen molar-refractivity contribution < 1.29 is 18.7 Å². The van der Waals surface area contributed by atoms with Gasteiger partial charge in [0.1, 0.15) is 30.4 Å². The number of aromatic nitrogens is 4. The Kier molecular flexibility index (Phi) is 4.82. The predicted molar refractivity (Wildman–Crippen MR) is 94.4 cm³/mol. The summed E-state index contributed by atoms with van der Waals surface area (Å²) < 4.78 is 24.9. The number of halogens is 1. The van der Waals surface area contributed by atoms with Gasteiger partial charge in [-0.1, -0.05) is 0 Å². The number of pyridine rings is 1. The van der Waals surface area contributed by atoms with Crippen LogP contribution in [0.2, 0.25) is 0 Å². The van der Waals surface area contributed by atoms with Crippen LogP contribution < -0.4 is 9.64 Å². The van der Waals surface area contributed by atoms with Gasteiger partial charge in [0.25, 0.3) is 0 Å². The van der Waals surface area contributed by atoms with Gasteiger partial charge in [-0.05, 0) is 25.0 Å². The van der Waals surface area contributed by atoms with Gasteiger partial charge in [0.05, 0.1) is 12.4 Å². The molecule has 0 atom stereocenters. The molecule has 0 amide bonds. The molecule has 0 unspecified atom stereocenters. The molecule has 9 heteroatoms. The van der Waals surface area contributed by atoms with Gasteiger partial charge in [0.15, 0.2) is 5.65 Å². The first-order chi connectivity index (χ1) is 13.2. The van der Waals surface area contributed by atoms with E-state index in [4.69, 9.17) is 9.47 Å². The fourth-order valence-corrected chi connectivity index (χ4v) is 2.93. The first kappa shape index (κ1) is 17.2. The maximum Gasteiger partial charge on any atom is 0.343 e. The van der Waals surface area contributed by atoms with E-state index < -0.39 is 11.8 Å². The van der Waals surface area contributed by atoms with Crippen molar-refractivity contribution in [3.8, 4) is 5.88 Å². The second kappa shape index (κ2) is 7.56. The molecule has 0 aliphatic carbocycles. The van der Waals surface area contributed by atoms with Gasteiger partial charge in [0, 0.05) is 25.4 Å². The number of hydrogen-bond acceptors (Lipinski definition) is 7. The van der Waals surface area contributed by atoms with Crippen LogP contribution in [0, 0.1) is 5.82 Å². The van der Waals surface area contributed by atoms with Crippen molar-refractivity contribution in [3.63, 3.8) is 0 Å². The first-order valence-electron chi connectivity index (χ1n) is 8.71. The number of rotatable bonds is 6. The zero-order chi connectivity index (χ0) is 18.6. The highest BCUT2D eigenvalue weighted by Crippen LogP contribution is 2.20. The zero-order valence-electron chi connectivity index (χ0n) is 14.5. The van der Waals surface area contributed by atoms with Crippen LogP contribution in [0.15, 0.2) is 36.8 Å². The molecule has 1 fully saturated rings. The molecule has 0 saturated carbocycles. The van der Waals surface area contributed by atoms with Crippen LogP contribution >= 0.6 is 0 Å². The third-order valence-electron chi connectivity index (χ3n) is 4.27. The maximum absolute atomic E-state index is 12.8. The number of carbonyl (C=O) groups is 1. The standard InChI is InChI=1S/C18H18FN5O3/c19-13-3-4-16(20-11-13)26-9-10-27-18(25)14-12-21-24-8-5-15(22-17(14)24)23-6-1-2-7-23/h3-5,8,11-12H,1-2,6-7,9-10H2. The molecular weight excluding hydrogens is 353 g/mol. The van der Waals surface area contributed by atoms with Crippen molar-refractivity contribution in [3.05, 3.63) is 48.2 Å². The van der Waals surface area contributed by atoms with Gasteiger partial charge in [-0.15, -0.1) is 0 Å². The van der Waals surface area contributed by atoms with Gasteiger partial charge in [0.2, 0.25) is 5.88 Å². The van der Waals surface area contributed by atoms with E-state index in [1.807, 2.05) is 6.07 Å². The smallest absolute Gasteiger partial charge is 0.343 e. The molecule has 4 heterocycles. The van der Waals surface area contributed by atoms with E-state index in [9.17, 15) is 9.18 Å². The number of ether oxygens (including phenoxy) is 2. The van der Waals surface area contributed by atoms with Crippen molar-refractivity contribution >= 4 is 17.4 Å². The summed E-state index contributed by atoms with van der Waals surface area (Å²) in [6.45, 7) is 2.06. The molecular formula is C18H18FN5O3. The maximum atomic E-state index is 12.8. The van der Waals surface area contributed by atoms with Crippen molar-refractivity contribution in [2.24, 2.45) is 0 Å². The fraction of sp³-hybridized carbons (Fsp3) is 0.333. The topological polar surface area (TPSA) is 81.8 Å². The van der Waals surface area contributed by atoms with Gasteiger partial charge in [-0.3, -0.25) is 0 Å². The average Bonchev–Trinajstić information content (AvgIpc) is 3.35. The van der Waals surface area contributed by atoms with Crippen LogP contribution in [0.25, 0.3) is 5.65 Å². The largest absolute Gasteiger partial charge is 0.474 e. The van der Waals surface area contributed by atoms with Gasteiger partial charge in [-0.25, -0.2) is 23.7 Å². The summed E-state index contributed by atoms with van der Waals surface area (Å²) >= 11 is 0. The number of esters is 1. The summed E-state index contributed by atoms with van der Waals surface area (Å²) in [6.07, 6.45) is 6.58. The lowest BCUT2D eigenvalue weighted by molar-refractivity contribution is 0.0449. The highest BCUT2D eigenvalue weighted by Gasteiger charge is 2.19. The Morgan fingerprint density at radius 3 is 2.78 bits per heavy atom. The lowest BCUT2D eigenvalue weighted by Crippen LogP contribution is -2.19. The minimum atomic E-state index is -0.522. The number of fused-ring (bicyclic) bond motifs is 1. The number of anilines is 1. The van der Waals surface area contributed by atoms with E-state index in [0.29, 0.717) is 11.2 Å². The van der Waals surface area contributed by atoms with Crippen LogP contribution in [0.3, 0.4) is 0 Å². The van der Waals surface area contributed by atoms with Gasteiger partial charge >= 0.3 is 5.97 Å². The Labute approximate surface area is 154 Å². The second-order valence-corrected chi connectivity index (χ2v) is 6.11. The molecule has 1 saturated heterocycles. The Morgan fingerprint density at radius 1 is 1.15 bits per heavy atom. The van der Waals surface area contributed by atoms with E-state index in [1.165, 1.54) is 18.3 Å². The molecule has 0 radical (unpaired) electrons. The van der Waals surface area contributed by atoms with E-state index in [-0.39, 0.29) is 19.1 Å². The molecule has 4 rings (SSSR count). The average molecular weight is 371 g/mol. The van der Waals surface area contributed by atoms with Crippen molar-refractivity contribution in [2.75, 3.05) is 31.2 Å². The van der Waals surface area contributed by atoms with Crippen LogP contribution in [-0.4, -0.2) is 51.9 Å². The van der Waals surface area contributed by atoms with Gasteiger partial charge in [-0.2, -0.15) is 5.10 Å². The summed E-state index contributed by atoms with van der Waals surface area (Å²) in [5.41, 5.74) is 0.765. The van der Waals surface area contributed by atoms with E-state index in [2.05, 4.69) is 20.0 Å². The van der Waals surface area contributed by atoms with Crippen LogP contribution in [-0.2, 0) is 4.74 Å². The highest BCUT2D eigenvalue weighted by atomic mass is 19.1. The molecule has 3 aromatic heterocycles. The molecule has 1 aliphatic heterocycles. The Bertz CT molecular complexity index is 938. The molecule has 0 N–H and O–H groups in total. The summed E-state index contributed by atoms with van der Waals surface area (Å²) in [4.78, 5) is 22.9. The summed E-state index contributed by atoms with van der Waals surface area (Å²) in [5.74, 6) is 0.134. The van der Waals surface area contributed by atoms with Crippen molar-refractivity contribution in [2.45, 2.75) is 12.8 Å². The molecule has 0 aromatic carbocycles. The minimum absolute atomic E-state index is 0.0288. The molecule has 27 heavy (non-hydrogen) atoms.